The van der Waals surface area contributed by atoms with E-state index in [1.165, 1.54) is 44.1 Å². The quantitative estimate of drug-likeness (QED) is 0.782. The summed E-state index contributed by atoms with van der Waals surface area (Å²) in [5.41, 5.74) is 1.53. The Labute approximate surface area is 138 Å². The molecular formula is C20H27NO2. The summed E-state index contributed by atoms with van der Waals surface area (Å²) in [5, 5.41) is 12.5. The number of carboxylic acid groups (broad SMARTS) is 1. The Morgan fingerprint density at radius 3 is 2.17 bits per heavy atom. The lowest BCUT2D eigenvalue weighted by Crippen LogP contribution is -2.45. The largest absolute Gasteiger partial charge is 0.478 e. The van der Waals surface area contributed by atoms with Gasteiger partial charge in [0.15, 0.2) is 0 Å². The number of hydrogen-bond acceptors (Lipinski definition) is 2. The highest BCUT2D eigenvalue weighted by Gasteiger charge is 2.47. The van der Waals surface area contributed by atoms with E-state index in [2.05, 4.69) is 5.32 Å². The molecule has 4 aliphatic carbocycles. The van der Waals surface area contributed by atoms with Gasteiger partial charge in [0, 0.05) is 6.54 Å². The molecule has 4 aliphatic rings. The van der Waals surface area contributed by atoms with Crippen molar-refractivity contribution >= 4 is 5.97 Å². The molecule has 1 aromatic rings. The second-order valence-corrected chi connectivity index (χ2v) is 8.06. The minimum absolute atomic E-state index is 0.363. The van der Waals surface area contributed by atoms with Gasteiger partial charge < -0.3 is 10.4 Å². The summed E-state index contributed by atoms with van der Waals surface area (Å²) in [6, 6.07) is 7.22. The number of hydrogen-bond donors (Lipinski definition) is 2. The Balaban J connectivity index is 1.24. The number of nitrogens with one attached hydrogen (secondary N) is 1. The van der Waals surface area contributed by atoms with Gasteiger partial charge in [-0.05, 0) is 92.4 Å². The summed E-state index contributed by atoms with van der Waals surface area (Å²) >= 11 is 0. The number of rotatable bonds is 6. The first kappa shape index (κ1) is 15.2. The van der Waals surface area contributed by atoms with Crippen molar-refractivity contribution in [3.05, 3.63) is 35.4 Å². The fourth-order valence-corrected chi connectivity index (χ4v) is 5.78. The topological polar surface area (TPSA) is 49.3 Å². The van der Waals surface area contributed by atoms with Crippen molar-refractivity contribution in [1.82, 2.24) is 5.32 Å². The van der Waals surface area contributed by atoms with Gasteiger partial charge in [-0.3, -0.25) is 0 Å². The van der Waals surface area contributed by atoms with Crippen LogP contribution in [-0.4, -0.2) is 17.6 Å². The summed E-state index contributed by atoms with van der Waals surface area (Å²) in [6.07, 6.45) is 8.89. The number of carbonyl (C=O) groups is 1. The maximum absolute atomic E-state index is 10.9. The van der Waals surface area contributed by atoms with Gasteiger partial charge in [0.2, 0.25) is 0 Å². The van der Waals surface area contributed by atoms with Crippen molar-refractivity contribution in [2.24, 2.45) is 29.6 Å². The second kappa shape index (κ2) is 6.27. The summed E-state index contributed by atoms with van der Waals surface area (Å²) < 4.78 is 0. The molecule has 124 valence electrons. The molecule has 5 rings (SSSR count). The molecule has 0 heterocycles. The van der Waals surface area contributed by atoms with Crippen LogP contribution in [0.15, 0.2) is 24.3 Å². The monoisotopic (exact) mass is 313 g/mol. The Morgan fingerprint density at radius 2 is 1.61 bits per heavy atom. The van der Waals surface area contributed by atoms with Crippen molar-refractivity contribution in [2.45, 2.75) is 45.1 Å². The Hall–Kier alpha value is -1.35. The maximum Gasteiger partial charge on any atom is 0.335 e. The molecule has 2 N–H and O–H groups in total. The Bertz CT molecular complexity index is 538. The van der Waals surface area contributed by atoms with E-state index in [-0.39, 0.29) is 0 Å². The van der Waals surface area contributed by atoms with E-state index in [0.29, 0.717) is 5.56 Å². The molecule has 1 aromatic carbocycles. The maximum atomic E-state index is 10.9. The van der Waals surface area contributed by atoms with Crippen LogP contribution in [0.2, 0.25) is 0 Å². The normalized spacial score (nSPS) is 34.7. The van der Waals surface area contributed by atoms with Gasteiger partial charge in [-0.1, -0.05) is 12.1 Å². The SMILES string of the molecule is O=C(O)c1ccc(CNCCC2C3CC4CC(C3)CC2C4)cc1. The first-order chi connectivity index (χ1) is 11.2. The molecule has 0 spiro atoms. The third-order valence-electron chi connectivity index (χ3n) is 6.61. The molecule has 0 amide bonds. The van der Waals surface area contributed by atoms with Gasteiger partial charge in [-0.2, -0.15) is 0 Å². The molecule has 4 fully saturated rings. The minimum Gasteiger partial charge on any atom is -0.478 e. The van der Waals surface area contributed by atoms with E-state index in [0.717, 1.165) is 42.7 Å². The van der Waals surface area contributed by atoms with E-state index >= 15 is 0 Å². The summed E-state index contributed by atoms with van der Waals surface area (Å²) in [5.74, 6) is 4.27. The highest BCUT2D eigenvalue weighted by Crippen LogP contribution is 2.57. The molecule has 4 saturated carbocycles. The van der Waals surface area contributed by atoms with Crippen LogP contribution in [0, 0.1) is 29.6 Å². The lowest BCUT2D eigenvalue weighted by Gasteiger charge is -2.54. The predicted octanol–water partition coefficient (Wildman–Crippen LogP) is 3.94. The van der Waals surface area contributed by atoms with Crippen molar-refractivity contribution in [3.63, 3.8) is 0 Å². The molecule has 0 saturated heterocycles. The fourth-order valence-electron chi connectivity index (χ4n) is 5.78. The van der Waals surface area contributed by atoms with Crippen LogP contribution in [0.25, 0.3) is 0 Å². The average molecular weight is 313 g/mol. The van der Waals surface area contributed by atoms with E-state index in [1.807, 2.05) is 12.1 Å². The smallest absolute Gasteiger partial charge is 0.335 e. The van der Waals surface area contributed by atoms with Crippen molar-refractivity contribution < 1.29 is 9.90 Å². The first-order valence-corrected chi connectivity index (χ1v) is 9.22. The van der Waals surface area contributed by atoms with Crippen LogP contribution in [0.5, 0.6) is 0 Å². The van der Waals surface area contributed by atoms with Gasteiger partial charge in [0.05, 0.1) is 5.56 Å². The summed E-state index contributed by atoms with van der Waals surface area (Å²) in [4.78, 5) is 10.9. The van der Waals surface area contributed by atoms with Crippen LogP contribution in [-0.2, 0) is 6.54 Å². The van der Waals surface area contributed by atoms with Gasteiger partial charge in [0.1, 0.15) is 0 Å². The molecule has 4 bridgehead atoms. The summed E-state index contributed by atoms with van der Waals surface area (Å²) in [7, 11) is 0. The van der Waals surface area contributed by atoms with Crippen LogP contribution < -0.4 is 5.32 Å². The van der Waals surface area contributed by atoms with Crippen molar-refractivity contribution in [3.8, 4) is 0 Å². The number of aromatic carboxylic acids is 1. The number of carboxylic acids is 1. The first-order valence-electron chi connectivity index (χ1n) is 9.22. The average Bonchev–Trinajstić information content (AvgIpc) is 2.53. The Kier molecular flexibility index (Phi) is 4.14. The van der Waals surface area contributed by atoms with E-state index in [4.69, 9.17) is 5.11 Å². The fraction of sp³-hybridized carbons (Fsp3) is 0.650. The standard InChI is InChI=1S/C20H27NO2/c22-20(23)16-3-1-13(2-4-16)12-21-6-5-19-17-8-14-7-15(10-17)11-18(19)9-14/h1-4,14-15,17-19,21H,5-12H2,(H,22,23). The van der Waals surface area contributed by atoms with Gasteiger partial charge in [-0.15, -0.1) is 0 Å². The molecule has 3 heteroatoms. The van der Waals surface area contributed by atoms with Crippen molar-refractivity contribution in [2.75, 3.05) is 6.54 Å². The van der Waals surface area contributed by atoms with Crippen LogP contribution in [0.1, 0.15) is 54.4 Å². The second-order valence-electron chi connectivity index (χ2n) is 8.06. The van der Waals surface area contributed by atoms with E-state index in [1.54, 1.807) is 12.1 Å². The predicted molar refractivity (Wildman–Crippen MR) is 90.3 cm³/mol. The number of benzene rings is 1. The molecule has 0 aromatic heterocycles. The van der Waals surface area contributed by atoms with Gasteiger partial charge >= 0.3 is 5.97 Å². The zero-order chi connectivity index (χ0) is 15.8. The lowest BCUT2D eigenvalue weighted by atomic mass is 9.51. The van der Waals surface area contributed by atoms with Crippen molar-refractivity contribution in [1.29, 1.82) is 0 Å². The molecule has 0 unspecified atom stereocenters. The molecule has 23 heavy (non-hydrogen) atoms. The van der Waals surface area contributed by atoms with Gasteiger partial charge in [0.25, 0.3) is 0 Å². The minimum atomic E-state index is -0.855. The van der Waals surface area contributed by atoms with Crippen LogP contribution in [0.3, 0.4) is 0 Å². The third-order valence-corrected chi connectivity index (χ3v) is 6.61. The zero-order valence-electron chi connectivity index (χ0n) is 13.7. The van der Waals surface area contributed by atoms with Gasteiger partial charge in [-0.25, -0.2) is 4.79 Å². The van der Waals surface area contributed by atoms with Crippen LogP contribution >= 0.6 is 0 Å². The Morgan fingerprint density at radius 1 is 1.00 bits per heavy atom. The zero-order valence-corrected chi connectivity index (χ0v) is 13.7. The summed E-state index contributed by atoms with van der Waals surface area (Å²) in [6.45, 7) is 1.93. The highest BCUT2D eigenvalue weighted by atomic mass is 16.4. The molecule has 0 atom stereocenters. The highest BCUT2D eigenvalue weighted by molar-refractivity contribution is 5.87. The molecule has 0 radical (unpaired) electrons. The molecule has 0 aliphatic heterocycles. The van der Waals surface area contributed by atoms with Crippen LogP contribution in [0.4, 0.5) is 0 Å². The van der Waals surface area contributed by atoms with E-state index < -0.39 is 5.97 Å². The lowest BCUT2D eigenvalue weighted by molar-refractivity contribution is -0.0393. The molecule has 3 nitrogen and oxygen atoms in total. The van der Waals surface area contributed by atoms with E-state index in [9.17, 15) is 4.79 Å². The third kappa shape index (κ3) is 3.16. The molecular weight excluding hydrogens is 286 g/mol.